The molecule has 0 atom stereocenters. The molecule has 1 aliphatic rings. The Morgan fingerprint density at radius 1 is 0.750 bits per heavy atom. The smallest absolute Gasteiger partial charge is 0.101 e. The zero-order chi connectivity index (χ0) is 22.8. The molecule has 32 heavy (non-hydrogen) atoms. The van der Waals surface area contributed by atoms with Crippen LogP contribution in [0.1, 0.15) is 113 Å². The van der Waals surface area contributed by atoms with E-state index in [1.807, 2.05) is 0 Å². The highest BCUT2D eigenvalue weighted by atomic mass is 14.3. The summed E-state index contributed by atoms with van der Waals surface area (Å²) in [6.45, 7) is 4.45. The van der Waals surface area contributed by atoms with Crippen molar-refractivity contribution in [2.24, 2.45) is 5.92 Å². The third-order valence-corrected chi connectivity index (χ3v) is 7.27. The minimum atomic E-state index is 0.411. The summed E-state index contributed by atoms with van der Waals surface area (Å²) in [5.41, 5.74) is 5.47. The molecule has 0 amide bonds. The lowest BCUT2D eigenvalue weighted by Crippen LogP contribution is -2.15. The van der Waals surface area contributed by atoms with Crippen LogP contribution in [0, 0.1) is 28.6 Å². The number of rotatable bonds is 10. The van der Waals surface area contributed by atoms with Gasteiger partial charge in [-0.15, -0.1) is 0 Å². The molecule has 0 spiro atoms. The molecule has 1 fully saturated rings. The normalized spacial score (nSPS) is 18.1. The van der Waals surface area contributed by atoms with Gasteiger partial charge in [0.15, 0.2) is 0 Å². The number of nitrogens with zero attached hydrogens (tertiary/aromatic N) is 2. The van der Waals surface area contributed by atoms with Gasteiger partial charge >= 0.3 is 0 Å². The van der Waals surface area contributed by atoms with E-state index in [4.69, 9.17) is 0 Å². The highest BCUT2D eigenvalue weighted by Gasteiger charge is 2.26. The van der Waals surface area contributed by atoms with Crippen molar-refractivity contribution >= 4 is 0 Å². The van der Waals surface area contributed by atoms with Gasteiger partial charge in [0.2, 0.25) is 0 Å². The van der Waals surface area contributed by atoms with E-state index in [-0.39, 0.29) is 0 Å². The average molecular weight is 427 g/mol. The summed E-state index contributed by atoms with van der Waals surface area (Å²) in [5.74, 6) is 1.25. The Morgan fingerprint density at radius 3 is 2.06 bits per heavy atom. The fourth-order valence-electron chi connectivity index (χ4n) is 5.37. The van der Waals surface area contributed by atoms with Gasteiger partial charge in [-0.1, -0.05) is 95.2 Å². The topological polar surface area (TPSA) is 47.6 Å². The summed E-state index contributed by atoms with van der Waals surface area (Å²) < 4.78 is 0. The van der Waals surface area contributed by atoms with Crippen molar-refractivity contribution in [3.05, 3.63) is 58.7 Å². The average Bonchev–Trinajstić information content (AvgIpc) is 2.84. The first-order valence-corrected chi connectivity index (χ1v) is 12.8. The molecule has 0 heterocycles. The van der Waals surface area contributed by atoms with E-state index in [9.17, 15) is 10.5 Å². The van der Waals surface area contributed by atoms with E-state index in [1.54, 1.807) is 0 Å². The Bertz CT molecular complexity index is 935. The second-order valence-corrected chi connectivity index (χ2v) is 9.54. The molecule has 0 aliphatic heterocycles. The van der Waals surface area contributed by atoms with Crippen molar-refractivity contribution in [1.29, 1.82) is 10.5 Å². The van der Waals surface area contributed by atoms with E-state index < -0.39 is 0 Å². The van der Waals surface area contributed by atoms with E-state index in [2.05, 4.69) is 62.4 Å². The molecule has 1 aliphatic carbocycles. The van der Waals surface area contributed by atoms with Crippen molar-refractivity contribution in [2.75, 3.05) is 0 Å². The highest BCUT2D eigenvalue weighted by molar-refractivity contribution is 5.75. The molecule has 2 heteroatoms. The Kier molecular flexibility index (Phi) is 9.37. The van der Waals surface area contributed by atoms with E-state index >= 15 is 0 Å². The molecule has 0 aromatic heterocycles. The molecule has 0 unspecified atom stereocenters. The molecule has 168 valence electrons. The van der Waals surface area contributed by atoms with Crippen LogP contribution in [-0.2, 0) is 6.42 Å². The standard InChI is InChI=1S/C30H38N2/c1-3-5-6-7-8-10-24-13-17-26(18-14-24)28-20-19-27(29(21-31)30(28)22-32)25-15-11-23(9-4-2)12-16-25/h11-12,15-16,19-20,24,26H,3-10,13-14,17-18H2,1-2H3. The number of hydrogen-bond acceptors (Lipinski definition) is 2. The lowest BCUT2D eigenvalue weighted by molar-refractivity contribution is 0.301. The summed E-state index contributed by atoms with van der Waals surface area (Å²) in [7, 11) is 0. The number of hydrogen-bond donors (Lipinski definition) is 0. The summed E-state index contributed by atoms with van der Waals surface area (Å²) >= 11 is 0. The number of nitriles is 2. The summed E-state index contributed by atoms with van der Waals surface area (Å²) in [4.78, 5) is 0. The Labute approximate surface area is 195 Å². The second-order valence-electron chi connectivity index (χ2n) is 9.54. The fourth-order valence-corrected chi connectivity index (χ4v) is 5.37. The molecule has 3 rings (SSSR count). The van der Waals surface area contributed by atoms with Crippen LogP contribution in [0.4, 0.5) is 0 Å². The molecule has 2 aromatic rings. The largest absolute Gasteiger partial charge is 0.192 e. The van der Waals surface area contributed by atoms with Gasteiger partial charge in [-0.25, -0.2) is 0 Å². The van der Waals surface area contributed by atoms with Gasteiger partial charge in [0.1, 0.15) is 12.1 Å². The fraction of sp³-hybridized carbons (Fsp3) is 0.533. The number of unbranched alkanes of at least 4 members (excludes halogenated alkanes) is 4. The zero-order valence-corrected chi connectivity index (χ0v) is 20.0. The van der Waals surface area contributed by atoms with Gasteiger partial charge in [-0.05, 0) is 60.6 Å². The maximum atomic E-state index is 9.98. The Hall–Kier alpha value is -2.58. The summed E-state index contributed by atoms with van der Waals surface area (Å²) in [6.07, 6.45) is 15.1. The number of aryl methyl sites for hydroxylation is 1. The van der Waals surface area contributed by atoms with E-state index in [0.29, 0.717) is 17.0 Å². The monoisotopic (exact) mass is 426 g/mol. The summed E-state index contributed by atoms with van der Waals surface area (Å²) in [5, 5.41) is 19.9. The minimum absolute atomic E-state index is 0.411. The molecule has 1 saturated carbocycles. The van der Waals surface area contributed by atoms with Gasteiger partial charge in [0.25, 0.3) is 0 Å². The minimum Gasteiger partial charge on any atom is -0.192 e. The lowest BCUT2D eigenvalue weighted by atomic mass is 9.75. The predicted molar refractivity (Wildman–Crippen MR) is 133 cm³/mol. The first kappa shape index (κ1) is 24.1. The molecule has 0 bridgehead atoms. The van der Waals surface area contributed by atoms with Crippen molar-refractivity contribution < 1.29 is 0 Å². The lowest BCUT2D eigenvalue weighted by Gasteiger charge is -2.29. The van der Waals surface area contributed by atoms with Crippen molar-refractivity contribution in [3.8, 4) is 23.3 Å². The molecular weight excluding hydrogens is 388 g/mol. The van der Waals surface area contributed by atoms with Gasteiger partial charge in [-0.3, -0.25) is 0 Å². The maximum Gasteiger partial charge on any atom is 0.101 e. The van der Waals surface area contributed by atoms with Crippen LogP contribution in [0.2, 0.25) is 0 Å². The van der Waals surface area contributed by atoms with Crippen LogP contribution in [0.15, 0.2) is 36.4 Å². The highest BCUT2D eigenvalue weighted by Crippen LogP contribution is 2.41. The Morgan fingerprint density at radius 2 is 1.44 bits per heavy atom. The molecular formula is C30H38N2. The van der Waals surface area contributed by atoms with Crippen LogP contribution < -0.4 is 0 Å². The molecule has 2 nitrogen and oxygen atoms in total. The first-order valence-electron chi connectivity index (χ1n) is 12.8. The zero-order valence-electron chi connectivity index (χ0n) is 20.0. The predicted octanol–water partition coefficient (Wildman–Crippen LogP) is 8.68. The molecule has 2 aromatic carbocycles. The molecule has 0 saturated heterocycles. The summed E-state index contributed by atoms with van der Waals surface area (Å²) in [6, 6.07) is 17.4. The number of benzene rings is 2. The van der Waals surface area contributed by atoms with Crippen LogP contribution in [-0.4, -0.2) is 0 Å². The van der Waals surface area contributed by atoms with Crippen molar-refractivity contribution in [1.82, 2.24) is 0 Å². The van der Waals surface area contributed by atoms with E-state index in [1.165, 1.54) is 56.9 Å². The van der Waals surface area contributed by atoms with Crippen LogP contribution in [0.25, 0.3) is 11.1 Å². The van der Waals surface area contributed by atoms with Crippen molar-refractivity contribution in [2.45, 2.75) is 96.8 Å². The van der Waals surface area contributed by atoms with Crippen molar-refractivity contribution in [3.63, 3.8) is 0 Å². The van der Waals surface area contributed by atoms with Gasteiger partial charge in [0, 0.05) is 5.56 Å². The van der Waals surface area contributed by atoms with Crippen LogP contribution >= 0.6 is 0 Å². The van der Waals surface area contributed by atoms with Gasteiger partial charge in [0.05, 0.1) is 11.1 Å². The quantitative estimate of drug-likeness (QED) is 0.357. The maximum absolute atomic E-state index is 9.98. The first-order chi connectivity index (χ1) is 15.7. The van der Waals surface area contributed by atoms with Gasteiger partial charge < -0.3 is 0 Å². The molecule has 0 radical (unpaired) electrons. The third kappa shape index (κ3) is 6.01. The van der Waals surface area contributed by atoms with Gasteiger partial charge in [-0.2, -0.15) is 10.5 Å². The van der Waals surface area contributed by atoms with E-state index in [0.717, 1.165) is 48.3 Å². The van der Waals surface area contributed by atoms with Crippen LogP contribution in [0.5, 0.6) is 0 Å². The second kappa shape index (κ2) is 12.5. The SMILES string of the molecule is CCCCCCCC1CCC(c2ccc(-c3ccc(CCC)cc3)c(C#N)c2C#N)CC1. The Balaban J connectivity index is 1.71. The molecule has 0 N–H and O–H groups in total. The third-order valence-electron chi connectivity index (χ3n) is 7.27. The van der Waals surface area contributed by atoms with Crippen LogP contribution in [0.3, 0.4) is 0 Å².